The summed E-state index contributed by atoms with van der Waals surface area (Å²) in [5.41, 5.74) is -0.0155. The maximum Gasteiger partial charge on any atom is 0.187 e. The third kappa shape index (κ3) is 2.38. The second kappa shape index (κ2) is 4.45. The number of Topliss-reactive ketones (excluding diaryl/α,β-unsaturated/α-hetero) is 1. The van der Waals surface area contributed by atoms with E-state index in [2.05, 4.69) is 4.98 Å². The molecule has 2 aromatic rings. The van der Waals surface area contributed by atoms with Crippen LogP contribution in [0.1, 0.15) is 16.1 Å². The zero-order valence-corrected chi connectivity index (χ0v) is 9.15. The summed E-state index contributed by atoms with van der Waals surface area (Å²) in [4.78, 5) is 15.6. The normalized spacial score (nSPS) is 10.5. The predicted molar refractivity (Wildman–Crippen MR) is 57.6 cm³/mol. The largest absolute Gasteiger partial charge is 0.340 e. The van der Waals surface area contributed by atoms with Crippen LogP contribution in [0.2, 0.25) is 0 Å². The number of rotatable bonds is 3. The van der Waals surface area contributed by atoms with Gasteiger partial charge in [0.25, 0.3) is 0 Å². The van der Waals surface area contributed by atoms with Crippen molar-refractivity contribution < 1.29 is 13.6 Å². The molecule has 0 amide bonds. The predicted octanol–water partition coefficient (Wildman–Crippen LogP) is 2.12. The monoisotopic (exact) mass is 236 g/mol. The molecule has 1 aromatic heterocycles. The van der Waals surface area contributed by atoms with Crippen molar-refractivity contribution in [2.45, 2.75) is 6.42 Å². The summed E-state index contributed by atoms with van der Waals surface area (Å²) in [6.07, 6.45) is 2.65. The first kappa shape index (κ1) is 11.4. The summed E-state index contributed by atoms with van der Waals surface area (Å²) in [5.74, 6) is -1.84. The molecule has 0 aliphatic carbocycles. The molecule has 2 rings (SSSR count). The summed E-state index contributed by atoms with van der Waals surface area (Å²) in [5, 5.41) is 0. The molecule has 1 aromatic carbocycles. The first-order valence-corrected chi connectivity index (χ1v) is 5.02. The molecule has 0 spiro atoms. The summed E-state index contributed by atoms with van der Waals surface area (Å²) in [6, 6.07) is 3.52. The molecule has 0 fully saturated rings. The van der Waals surface area contributed by atoms with E-state index in [9.17, 15) is 13.6 Å². The van der Waals surface area contributed by atoms with Gasteiger partial charge in [-0.1, -0.05) is 6.07 Å². The van der Waals surface area contributed by atoms with Gasteiger partial charge in [-0.15, -0.1) is 0 Å². The highest BCUT2D eigenvalue weighted by Gasteiger charge is 2.15. The van der Waals surface area contributed by atoms with Gasteiger partial charge in [0.15, 0.2) is 5.78 Å². The quantitative estimate of drug-likeness (QED) is 0.765. The van der Waals surface area contributed by atoms with Crippen LogP contribution in [0.3, 0.4) is 0 Å². The van der Waals surface area contributed by atoms with Crippen LogP contribution in [0.4, 0.5) is 8.78 Å². The van der Waals surface area contributed by atoms with Gasteiger partial charge in [-0.3, -0.25) is 4.79 Å². The Morgan fingerprint density at radius 2 is 2.00 bits per heavy atom. The fourth-order valence-corrected chi connectivity index (χ4v) is 1.51. The number of hydrogen-bond donors (Lipinski definition) is 0. The minimum Gasteiger partial charge on any atom is -0.340 e. The van der Waals surface area contributed by atoms with Crippen LogP contribution in [0.25, 0.3) is 0 Å². The van der Waals surface area contributed by atoms with Gasteiger partial charge < -0.3 is 4.57 Å². The van der Waals surface area contributed by atoms with Gasteiger partial charge in [-0.2, -0.15) is 0 Å². The summed E-state index contributed by atoms with van der Waals surface area (Å²) in [6.45, 7) is 0. The first-order chi connectivity index (χ1) is 8.08. The minimum atomic E-state index is -0.714. The van der Waals surface area contributed by atoms with E-state index in [1.54, 1.807) is 11.6 Å². The van der Waals surface area contributed by atoms with Gasteiger partial charge >= 0.3 is 0 Å². The Bertz CT molecular complexity index is 543. The number of hydrogen-bond acceptors (Lipinski definition) is 2. The third-order valence-electron chi connectivity index (χ3n) is 2.39. The minimum absolute atomic E-state index is 0.204. The Balaban J connectivity index is 2.24. The van der Waals surface area contributed by atoms with Gasteiger partial charge in [-0.25, -0.2) is 13.8 Å². The standard InChI is InChI=1S/C12H10F2N2O/c1-16-6-11(15-7-16)12(17)5-8-9(13)3-2-4-10(8)14/h2-4,6-7H,5H2,1H3. The number of aromatic nitrogens is 2. The Labute approximate surface area is 96.7 Å². The van der Waals surface area contributed by atoms with Crippen LogP contribution in [0, 0.1) is 11.6 Å². The Kier molecular flexibility index (Phi) is 2.99. The van der Waals surface area contributed by atoms with Crippen LogP contribution in [-0.4, -0.2) is 15.3 Å². The maximum absolute atomic E-state index is 13.3. The van der Waals surface area contributed by atoms with Crippen LogP contribution in [0.15, 0.2) is 30.7 Å². The van der Waals surface area contributed by atoms with E-state index < -0.39 is 17.4 Å². The smallest absolute Gasteiger partial charge is 0.187 e. The molecule has 0 radical (unpaired) electrons. The van der Waals surface area contributed by atoms with Crippen molar-refractivity contribution in [2.75, 3.05) is 0 Å². The summed E-state index contributed by atoms with van der Waals surface area (Å²) < 4.78 is 28.2. The number of benzene rings is 1. The second-order valence-electron chi connectivity index (χ2n) is 3.72. The van der Waals surface area contributed by atoms with Crippen molar-refractivity contribution in [2.24, 2.45) is 7.05 Å². The molecule has 0 saturated heterocycles. The van der Waals surface area contributed by atoms with E-state index >= 15 is 0 Å². The Morgan fingerprint density at radius 3 is 2.53 bits per heavy atom. The molecule has 0 N–H and O–H groups in total. The van der Waals surface area contributed by atoms with Crippen molar-refractivity contribution in [3.63, 3.8) is 0 Å². The van der Waals surface area contributed by atoms with Crippen LogP contribution in [-0.2, 0) is 13.5 Å². The molecule has 17 heavy (non-hydrogen) atoms. The lowest BCUT2D eigenvalue weighted by atomic mass is 10.1. The lowest BCUT2D eigenvalue weighted by Crippen LogP contribution is -2.07. The molecule has 0 unspecified atom stereocenters. The van der Waals surface area contributed by atoms with E-state index in [0.717, 1.165) is 12.1 Å². The summed E-state index contributed by atoms with van der Waals surface area (Å²) >= 11 is 0. The average Bonchev–Trinajstić information content (AvgIpc) is 2.70. The number of imidazole rings is 1. The number of carbonyl (C=O) groups excluding carboxylic acids is 1. The highest BCUT2D eigenvalue weighted by atomic mass is 19.1. The van der Waals surface area contributed by atoms with Crippen LogP contribution in [0.5, 0.6) is 0 Å². The van der Waals surface area contributed by atoms with Gasteiger partial charge in [0.2, 0.25) is 0 Å². The zero-order valence-electron chi connectivity index (χ0n) is 9.15. The maximum atomic E-state index is 13.3. The molecule has 0 aliphatic rings. The van der Waals surface area contributed by atoms with E-state index in [0.29, 0.717) is 0 Å². The van der Waals surface area contributed by atoms with Crippen molar-refractivity contribution in [1.82, 2.24) is 9.55 Å². The molecular formula is C12H10F2N2O. The highest BCUT2D eigenvalue weighted by molar-refractivity contribution is 5.95. The van der Waals surface area contributed by atoms with Crippen molar-refractivity contribution in [3.8, 4) is 0 Å². The van der Waals surface area contributed by atoms with Crippen LogP contribution >= 0.6 is 0 Å². The second-order valence-corrected chi connectivity index (χ2v) is 3.72. The fraction of sp³-hybridized carbons (Fsp3) is 0.167. The number of ketones is 1. The van der Waals surface area contributed by atoms with E-state index in [1.807, 2.05) is 0 Å². The lowest BCUT2D eigenvalue weighted by Gasteiger charge is -2.02. The Hall–Kier alpha value is -2.04. The molecule has 1 heterocycles. The third-order valence-corrected chi connectivity index (χ3v) is 2.39. The van der Waals surface area contributed by atoms with Crippen LogP contribution < -0.4 is 0 Å². The molecule has 0 aliphatic heterocycles. The first-order valence-electron chi connectivity index (χ1n) is 5.02. The van der Waals surface area contributed by atoms with Gasteiger partial charge in [0.05, 0.1) is 6.33 Å². The van der Waals surface area contributed by atoms with Crippen molar-refractivity contribution in [1.29, 1.82) is 0 Å². The van der Waals surface area contributed by atoms with E-state index in [1.165, 1.54) is 18.6 Å². The van der Waals surface area contributed by atoms with Gasteiger partial charge in [-0.05, 0) is 12.1 Å². The Morgan fingerprint density at radius 1 is 1.35 bits per heavy atom. The zero-order chi connectivity index (χ0) is 12.4. The number of aryl methyl sites for hydroxylation is 1. The van der Waals surface area contributed by atoms with E-state index in [-0.39, 0.29) is 17.7 Å². The van der Waals surface area contributed by atoms with E-state index in [4.69, 9.17) is 0 Å². The number of halogens is 2. The lowest BCUT2D eigenvalue weighted by molar-refractivity contribution is 0.0986. The highest BCUT2D eigenvalue weighted by Crippen LogP contribution is 2.14. The van der Waals surface area contributed by atoms with Gasteiger partial charge in [0.1, 0.15) is 17.3 Å². The van der Waals surface area contributed by atoms with Gasteiger partial charge in [0, 0.05) is 25.2 Å². The average molecular weight is 236 g/mol. The molecular weight excluding hydrogens is 226 g/mol. The molecule has 5 heteroatoms. The molecule has 3 nitrogen and oxygen atoms in total. The van der Waals surface area contributed by atoms with Crippen molar-refractivity contribution >= 4 is 5.78 Å². The number of carbonyl (C=O) groups is 1. The number of nitrogens with zero attached hydrogens (tertiary/aromatic N) is 2. The topological polar surface area (TPSA) is 34.9 Å². The molecule has 0 atom stereocenters. The molecule has 0 bridgehead atoms. The van der Waals surface area contributed by atoms with Crippen molar-refractivity contribution in [3.05, 3.63) is 53.6 Å². The molecule has 88 valence electrons. The summed E-state index contributed by atoms with van der Waals surface area (Å²) in [7, 11) is 1.72. The SMILES string of the molecule is Cn1cnc(C(=O)Cc2c(F)cccc2F)c1. The molecule has 0 saturated carbocycles. The fourth-order valence-electron chi connectivity index (χ4n) is 1.51.